The van der Waals surface area contributed by atoms with Crippen molar-refractivity contribution < 1.29 is 14.7 Å². The molecule has 1 amide bonds. The lowest BCUT2D eigenvalue weighted by Crippen LogP contribution is -2.19. The van der Waals surface area contributed by atoms with Crippen molar-refractivity contribution in [1.82, 2.24) is 4.98 Å². The number of amides is 1. The lowest BCUT2D eigenvalue weighted by atomic mass is 10.0. The van der Waals surface area contributed by atoms with E-state index in [1.165, 1.54) is 6.07 Å². The second kappa shape index (κ2) is 7.86. The van der Waals surface area contributed by atoms with Crippen molar-refractivity contribution in [3.63, 3.8) is 0 Å². The fraction of sp³-hybridized carbons (Fsp3) is 0.316. The number of pyridine rings is 1. The Kier molecular flexibility index (Phi) is 6.02. The maximum Gasteiger partial charge on any atom is 0.223 e. The average Bonchev–Trinajstić information content (AvgIpc) is 2.52. The average molecular weight is 420 g/mol. The van der Waals surface area contributed by atoms with Crippen LogP contribution in [0.25, 0.3) is 0 Å². The summed E-state index contributed by atoms with van der Waals surface area (Å²) in [6.45, 7) is 7.58. The van der Waals surface area contributed by atoms with Gasteiger partial charge in [-0.15, -0.1) is 0 Å². The van der Waals surface area contributed by atoms with E-state index in [0.29, 0.717) is 17.0 Å². The molecule has 3 N–H and O–H groups in total. The lowest BCUT2D eigenvalue weighted by Gasteiger charge is -2.18. The second-order valence-corrected chi connectivity index (χ2v) is 7.78. The van der Waals surface area contributed by atoms with E-state index in [1.54, 1.807) is 6.07 Å². The summed E-state index contributed by atoms with van der Waals surface area (Å²) >= 11 is 3.50. The van der Waals surface area contributed by atoms with Gasteiger partial charge in [-0.3, -0.25) is 4.79 Å². The number of rotatable bonds is 5. The van der Waals surface area contributed by atoms with Gasteiger partial charge >= 0.3 is 0 Å². The van der Waals surface area contributed by atoms with E-state index in [9.17, 15) is 9.90 Å². The third kappa shape index (κ3) is 5.29. The number of nitrogens with two attached hydrogens (primary N) is 1. The number of carbonyl (C=O) groups excluding carboxylic acids is 1. The van der Waals surface area contributed by atoms with Gasteiger partial charge in [-0.1, -0.05) is 33.2 Å². The predicted molar refractivity (Wildman–Crippen MR) is 104 cm³/mol. The highest BCUT2D eigenvalue weighted by Gasteiger charge is 2.19. The van der Waals surface area contributed by atoms with Crippen LogP contribution in [0.3, 0.4) is 0 Å². The molecule has 7 heteroatoms. The molecule has 0 aliphatic heterocycles. The zero-order chi connectivity index (χ0) is 19.5. The Balaban J connectivity index is 2.60. The Morgan fingerprint density at radius 1 is 1.31 bits per heavy atom. The van der Waals surface area contributed by atoms with Crippen LogP contribution in [0.15, 0.2) is 40.0 Å². The first-order chi connectivity index (χ1) is 12.1. The van der Waals surface area contributed by atoms with Gasteiger partial charge in [0.2, 0.25) is 5.91 Å². The Hall–Kier alpha value is -2.41. The SMILES string of the molecule is Cc1ccc(/C(=N/OC(C)(C)C)c2nc(CC(N)=O)ccc2O)cc1Br. The summed E-state index contributed by atoms with van der Waals surface area (Å²) in [6.07, 6.45) is -0.0295. The number of hydrogen-bond donors (Lipinski definition) is 2. The lowest BCUT2D eigenvalue weighted by molar-refractivity contribution is -0.117. The van der Waals surface area contributed by atoms with E-state index in [-0.39, 0.29) is 17.9 Å². The molecule has 0 bridgehead atoms. The van der Waals surface area contributed by atoms with Crippen LogP contribution in [0.2, 0.25) is 0 Å². The number of aryl methyl sites for hydroxylation is 1. The summed E-state index contributed by atoms with van der Waals surface area (Å²) in [6, 6.07) is 8.69. The van der Waals surface area contributed by atoms with Crippen molar-refractivity contribution in [2.75, 3.05) is 0 Å². The molecule has 138 valence electrons. The first-order valence-electron chi connectivity index (χ1n) is 8.07. The molecular formula is C19H22BrN3O3. The van der Waals surface area contributed by atoms with E-state index < -0.39 is 11.5 Å². The Morgan fingerprint density at radius 3 is 2.58 bits per heavy atom. The molecule has 0 saturated carbocycles. The largest absolute Gasteiger partial charge is 0.506 e. The number of oxime groups is 1. The summed E-state index contributed by atoms with van der Waals surface area (Å²) in [5.41, 5.74) is 7.54. The highest BCUT2D eigenvalue weighted by atomic mass is 79.9. The first kappa shape index (κ1) is 19.9. The van der Waals surface area contributed by atoms with E-state index in [1.807, 2.05) is 45.9 Å². The number of primary amides is 1. The molecule has 6 nitrogen and oxygen atoms in total. The van der Waals surface area contributed by atoms with Crippen LogP contribution < -0.4 is 5.73 Å². The van der Waals surface area contributed by atoms with Crippen LogP contribution in [-0.4, -0.2) is 27.3 Å². The van der Waals surface area contributed by atoms with Crippen LogP contribution in [0.1, 0.15) is 43.3 Å². The minimum Gasteiger partial charge on any atom is -0.506 e. The molecule has 2 aromatic rings. The monoisotopic (exact) mass is 419 g/mol. The van der Waals surface area contributed by atoms with Gasteiger partial charge in [-0.25, -0.2) is 4.98 Å². The fourth-order valence-electron chi connectivity index (χ4n) is 2.10. The van der Waals surface area contributed by atoms with Crippen LogP contribution in [-0.2, 0) is 16.1 Å². The highest BCUT2D eigenvalue weighted by molar-refractivity contribution is 9.10. The quantitative estimate of drug-likeness (QED) is 0.572. The van der Waals surface area contributed by atoms with Gasteiger partial charge in [0.25, 0.3) is 0 Å². The van der Waals surface area contributed by atoms with Crippen molar-refractivity contribution in [2.45, 2.75) is 39.7 Å². The number of carbonyl (C=O) groups is 1. The minimum absolute atomic E-state index is 0.0295. The van der Waals surface area contributed by atoms with Crippen molar-refractivity contribution in [1.29, 1.82) is 0 Å². The Bertz CT molecular complexity index is 858. The number of benzene rings is 1. The Labute approximate surface area is 161 Å². The van der Waals surface area contributed by atoms with Gasteiger partial charge in [0.05, 0.1) is 12.1 Å². The van der Waals surface area contributed by atoms with Crippen LogP contribution >= 0.6 is 15.9 Å². The molecule has 0 saturated heterocycles. The number of hydrogen-bond acceptors (Lipinski definition) is 5. The van der Waals surface area contributed by atoms with Crippen molar-refractivity contribution >= 4 is 27.5 Å². The van der Waals surface area contributed by atoms with E-state index in [4.69, 9.17) is 10.6 Å². The third-order valence-electron chi connectivity index (χ3n) is 3.37. The number of halogens is 1. The summed E-state index contributed by atoms with van der Waals surface area (Å²) in [4.78, 5) is 21.1. The molecule has 0 fully saturated rings. The van der Waals surface area contributed by atoms with Crippen LogP contribution in [0, 0.1) is 6.92 Å². The van der Waals surface area contributed by atoms with Crippen LogP contribution in [0.4, 0.5) is 0 Å². The summed E-state index contributed by atoms with van der Waals surface area (Å²) in [5.74, 6) is -0.567. The zero-order valence-corrected chi connectivity index (χ0v) is 16.8. The molecule has 0 aliphatic rings. The number of aromatic hydroxyl groups is 1. The second-order valence-electron chi connectivity index (χ2n) is 6.92. The molecule has 2 rings (SSSR count). The van der Waals surface area contributed by atoms with E-state index in [2.05, 4.69) is 26.1 Å². The molecule has 0 aliphatic carbocycles. The standard InChI is InChI=1S/C19H22BrN3O3/c1-11-5-6-12(9-14(11)20)17(23-26-19(2,3)4)18-15(24)8-7-13(22-18)10-16(21)25/h5-9,24H,10H2,1-4H3,(H2,21,25)/b23-17-. The zero-order valence-electron chi connectivity index (χ0n) is 15.2. The van der Waals surface area contributed by atoms with Crippen LogP contribution in [0.5, 0.6) is 5.75 Å². The highest BCUT2D eigenvalue weighted by Crippen LogP contribution is 2.25. The fourth-order valence-corrected chi connectivity index (χ4v) is 2.48. The van der Waals surface area contributed by atoms with Gasteiger partial charge in [0.1, 0.15) is 22.8 Å². The molecule has 0 unspecified atom stereocenters. The summed E-state index contributed by atoms with van der Waals surface area (Å²) in [5, 5.41) is 14.6. The van der Waals surface area contributed by atoms with Gasteiger partial charge in [0, 0.05) is 10.0 Å². The topological polar surface area (TPSA) is 97.8 Å². The minimum atomic E-state index is -0.520. The molecule has 0 radical (unpaired) electrons. The molecule has 1 aromatic carbocycles. The van der Waals surface area contributed by atoms with Crippen molar-refractivity contribution in [3.05, 3.63) is 57.3 Å². The third-order valence-corrected chi connectivity index (χ3v) is 4.22. The number of nitrogens with zero attached hydrogens (tertiary/aromatic N) is 2. The first-order valence-corrected chi connectivity index (χ1v) is 8.86. The van der Waals surface area contributed by atoms with E-state index >= 15 is 0 Å². The molecular weight excluding hydrogens is 398 g/mol. The normalized spacial score (nSPS) is 12.1. The molecule has 0 spiro atoms. The Morgan fingerprint density at radius 2 is 2.00 bits per heavy atom. The van der Waals surface area contributed by atoms with Gasteiger partial charge in [0.15, 0.2) is 0 Å². The molecule has 0 atom stereocenters. The maximum atomic E-state index is 11.2. The summed E-state index contributed by atoms with van der Waals surface area (Å²) < 4.78 is 0.895. The number of aromatic nitrogens is 1. The van der Waals surface area contributed by atoms with Crippen molar-refractivity contribution in [2.24, 2.45) is 10.9 Å². The molecule has 26 heavy (non-hydrogen) atoms. The predicted octanol–water partition coefficient (Wildman–Crippen LogP) is 3.45. The maximum absolute atomic E-state index is 11.2. The van der Waals surface area contributed by atoms with Gasteiger partial charge in [-0.05, 0) is 51.5 Å². The summed E-state index contributed by atoms with van der Waals surface area (Å²) in [7, 11) is 0. The van der Waals surface area contributed by atoms with Gasteiger partial charge < -0.3 is 15.7 Å². The molecule has 1 heterocycles. The van der Waals surface area contributed by atoms with E-state index in [0.717, 1.165) is 10.0 Å². The van der Waals surface area contributed by atoms with Crippen molar-refractivity contribution in [3.8, 4) is 5.75 Å². The smallest absolute Gasteiger partial charge is 0.223 e. The molecule has 1 aromatic heterocycles. The van der Waals surface area contributed by atoms with Gasteiger partial charge in [-0.2, -0.15) is 0 Å².